The van der Waals surface area contributed by atoms with E-state index in [0.717, 1.165) is 17.7 Å². The lowest BCUT2D eigenvalue weighted by Gasteiger charge is -2.17. The molecule has 0 aliphatic carbocycles. The van der Waals surface area contributed by atoms with Gasteiger partial charge in [-0.3, -0.25) is 4.79 Å². The van der Waals surface area contributed by atoms with Gasteiger partial charge in [-0.25, -0.2) is 13.1 Å². The van der Waals surface area contributed by atoms with Crippen LogP contribution in [0.4, 0.5) is 5.69 Å². The largest absolute Gasteiger partial charge is 0.495 e. The summed E-state index contributed by atoms with van der Waals surface area (Å²) in [7, 11) is -2.32. The van der Waals surface area contributed by atoms with Gasteiger partial charge in [0.05, 0.1) is 7.11 Å². The summed E-state index contributed by atoms with van der Waals surface area (Å²) in [5, 5.41) is 0. The first-order chi connectivity index (χ1) is 12.4. The summed E-state index contributed by atoms with van der Waals surface area (Å²) in [5.41, 5.74) is 1.57. The fourth-order valence-electron chi connectivity index (χ4n) is 2.87. The molecule has 1 aliphatic heterocycles. The number of methoxy groups -OCH3 is 1. The van der Waals surface area contributed by atoms with Crippen molar-refractivity contribution in [2.45, 2.75) is 24.3 Å². The standard InChI is InChI=1S/C18H19BrN2O4S/c1-25-16-8-7-14(19)11-17(16)26(23,24)20-12-13-4-2-5-15(10-13)21-9-3-6-18(21)22/h2,4-5,7-8,10-11,20H,3,6,9,12H2,1H3. The van der Waals surface area contributed by atoms with E-state index in [0.29, 0.717) is 17.4 Å². The van der Waals surface area contributed by atoms with Gasteiger partial charge in [0.1, 0.15) is 10.6 Å². The third kappa shape index (κ3) is 4.08. The molecule has 0 aromatic heterocycles. The summed E-state index contributed by atoms with van der Waals surface area (Å²) in [5.74, 6) is 0.374. The highest BCUT2D eigenvalue weighted by molar-refractivity contribution is 9.10. The van der Waals surface area contributed by atoms with Crippen molar-refractivity contribution < 1.29 is 17.9 Å². The number of nitrogens with zero attached hydrogens (tertiary/aromatic N) is 1. The van der Waals surface area contributed by atoms with Gasteiger partial charge in [-0.2, -0.15) is 0 Å². The molecule has 0 spiro atoms. The molecule has 1 fully saturated rings. The maximum atomic E-state index is 12.7. The van der Waals surface area contributed by atoms with Gasteiger partial charge in [-0.1, -0.05) is 28.1 Å². The first-order valence-corrected chi connectivity index (χ1v) is 10.4. The zero-order valence-electron chi connectivity index (χ0n) is 14.2. The number of rotatable bonds is 6. The van der Waals surface area contributed by atoms with Crippen LogP contribution in [0, 0.1) is 0 Å². The second-order valence-electron chi connectivity index (χ2n) is 5.94. The number of amides is 1. The average molecular weight is 439 g/mol. The number of benzene rings is 2. The number of anilines is 1. The second-order valence-corrected chi connectivity index (χ2v) is 8.59. The fraction of sp³-hybridized carbons (Fsp3) is 0.278. The summed E-state index contributed by atoms with van der Waals surface area (Å²) in [4.78, 5) is 13.7. The molecule has 0 atom stereocenters. The third-order valence-corrected chi connectivity index (χ3v) is 6.09. The molecule has 1 amide bonds. The number of halogens is 1. The van der Waals surface area contributed by atoms with Crippen molar-refractivity contribution in [3.8, 4) is 5.75 Å². The minimum Gasteiger partial charge on any atom is -0.495 e. The van der Waals surface area contributed by atoms with Crippen LogP contribution in [0.3, 0.4) is 0 Å². The highest BCUT2D eigenvalue weighted by Gasteiger charge is 2.22. The number of ether oxygens (including phenoxy) is 1. The van der Waals surface area contributed by atoms with Crippen LogP contribution in [-0.2, 0) is 21.4 Å². The van der Waals surface area contributed by atoms with Crippen molar-refractivity contribution in [2.24, 2.45) is 0 Å². The fourth-order valence-corrected chi connectivity index (χ4v) is 4.60. The van der Waals surface area contributed by atoms with Crippen LogP contribution < -0.4 is 14.4 Å². The Labute approximate surface area is 161 Å². The Kier molecular flexibility index (Phi) is 5.64. The van der Waals surface area contributed by atoms with Gasteiger partial charge in [-0.05, 0) is 42.3 Å². The number of hydrogen-bond acceptors (Lipinski definition) is 4. The Morgan fingerprint density at radius 2 is 2.04 bits per heavy atom. The molecule has 1 N–H and O–H groups in total. The Morgan fingerprint density at radius 3 is 2.73 bits per heavy atom. The molecule has 0 unspecified atom stereocenters. The van der Waals surface area contributed by atoms with Gasteiger partial charge >= 0.3 is 0 Å². The lowest BCUT2D eigenvalue weighted by Crippen LogP contribution is -2.25. The minimum atomic E-state index is -3.75. The summed E-state index contributed by atoms with van der Waals surface area (Å²) in [6.07, 6.45) is 1.40. The monoisotopic (exact) mass is 438 g/mol. The minimum absolute atomic E-state index is 0.0697. The predicted octanol–water partition coefficient (Wildman–Crippen LogP) is 3.06. The number of nitrogens with one attached hydrogen (secondary N) is 1. The van der Waals surface area contributed by atoms with Crippen molar-refractivity contribution in [1.82, 2.24) is 4.72 Å². The number of sulfonamides is 1. The summed E-state index contributed by atoms with van der Waals surface area (Å²) in [6, 6.07) is 12.2. The van der Waals surface area contributed by atoms with Gasteiger partial charge < -0.3 is 9.64 Å². The summed E-state index contributed by atoms with van der Waals surface area (Å²) >= 11 is 3.28. The zero-order valence-corrected chi connectivity index (χ0v) is 16.6. The molecular formula is C18H19BrN2O4S. The van der Waals surface area contributed by atoms with E-state index in [1.807, 2.05) is 24.3 Å². The highest BCUT2D eigenvalue weighted by atomic mass is 79.9. The van der Waals surface area contributed by atoms with Crippen molar-refractivity contribution in [1.29, 1.82) is 0 Å². The molecule has 2 aromatic carbocycles. The maximum absolute atomic E-state index is 12.7. The molecule has 1 aliphatic rings. The first-order valence-electron chi connectivity index (χ1n) is 8.13. The normalized spacial score (nSPS) is 14.7. The van der Waals surface area contributed by atoms with Gasteiger partial charge in [0.2, 0.25) is 15.9 Å². The summed E-state index contributed by atoms with van der Waals surface area (Å²) in [6.45, 7) is 0.817. The molecule has 2 aromatic rings. The average Bonchev–Trinajstić information content (AvgIpc) is 3.06. The predicted molar refractivity (Wildman–Crippen MR) is 103 cm³/mol. The van der Waals surface area contributed by atoms with E-state index in [-0.39, 0.29) is 23.1 Å². The van der Waals surface area contributed by atoms with Gasteiger partial charge in [0.25, 0.3) is 0 Å². The van der Waals surface area contributed by atoms with Crippen LogP contribution in [0.2, 0.25) is 0 Å². The Balaban J connectivity index is 1.78. The molecule has 138 valence electrons. The molecule has 1 heterocycles. The Hall–Kier alpha value is -1.90. The van der Waals surface area contributed by atoms with E-state index in [9.17, 15) is 13.2 Å². The Morgan fingerprint density at radius 1 is 1.23 bits per heavy atom. The molecule has 8 heteroatoms. The summed E-state index contributed by atoms with van der Waals surface area (Å²) < 4.78 is 33.7. The highest BCUT2D eigenvalue weighted by Crippen LogP contribution is 2.27. The molecule has 3 rings (SSSR count). The van der Waals surface area contributed by atoms with E-state index in [1.54, 1.807) is 17.0 Å². The number of carbonyl (C=O) groups is 1. The maximum Gasteiger partial charge on any atom is 0.244 e. The van der Waals surface area contributed by atoms with Gasteiger partial charge in [-0.15, -0.1) is 0 Å². The van der Waals surface area contributed by atoms with E-state index in [1.165, 1.54) is 13.2 Å². The van der Waals surface area contributed by atoms with E-state index >= 15 is 0 Å². The quantitative estimate of drug-likeness (QED) is 0.751. The molecule has 0 saturated carbocycles. The number of carbonyl (C=O) groups excluding carboxylic acids is 1. The third-order valence-electron chi connectivity index (χ3n) is 4.18. The number of hydrogen-bond donors (Lipinski definition) is 1. The van der Waals surface area contributed by atoms with Gasteiger partial charge in [0.15, 0.2) is 0 Å². The van der Waals surface area contributed by atoms with E-state index in [4.69, 9.17) is 4.74 Å². The molecule has 26 heavy (non-hydrogen) atoms. The molecular weight excluding hydrogens is 420 g/mol. The van der Waals surface area contributed by atoms with Crippen molar-refractivity contribution in [2.75, 3.05) is 18.6 Å². The zero-order chi connectivity index (χ0) is 18.7. The lowest BCUT2D eigenvalue weighted by molar-refractivity contribution is -0.117. The van der Waals surface area contributed by atoms with Crippen molar-refractivity contribution in [3.05, 3.63) is 52.5 Å². The topological polar surface area (TPSA) is 75.7 Å². The van der Waals surface area contributed by atoms with Gasteiger partial charge in [0, 0.05) is 29.7 Å². The molecule has 1 saturated heterocycles. The Bertz CT molecular complexity index is 931. The van der Waals surface area contributed by atoms with E-state index < -0.39 is 10.0 Å². The van der Waals surface area contributed by atoms with E-state index in [2.05, 4.69) is 20.7 Å². The van der Waals surface area contributed by atoms with Crippen LogP contribution in [0.5, 0.6) is 5.75 Å². The van der Waals surface area contributed by atoms with Crippen LogP contribution in [0.15, 0.2) is 51.8 Å². The molecule has 0 bridgehead atoms. The van der Waals surface area contributed by atoms with Crippen LogP contribution >= 0.6 is 15.9 Å². The smallest absolute Gasteiger partial charge is 0.244 e. The van der Waals surface area contributed by atoms with Crippen molar-refractivity contribution >= 4 is 37.5 Å². The first kappa shape index (κ1) is 18.9. The second kappa shape index (κ2) is 7.77. The van der Waals surface area contributed by atoms with Crippen LogP contribution in [0.1, 0.15) is 18.4 Å². The SMILES string of the molecule is COc1ccc(Br)cc1S(=O)(=O)NCc1cccc(N2CCCC2=O)c1. The van der Waals surface area contributed by atoms with Crippen LogP contribution in [0.25, 0.3) is 0 Å². The van der Waals surface area contributed by atoms with Crippen LogP contribution in [-0.4, -0.2) is 28.0 Å². The molecule has 6 nitrogen and oxygen atoms in total. The molecule has 0 radical (unpaired) electrons. The lowest BCUT2D eigenvalue weighted by atomic mass is 10.2. The van der Waals surface area contributed by atoms with Crippen molar-refractivity contribution in [3.63, 3.8) is 0 Å².